The van der Waals surface area contributed by atoms with Gasteiger partial charge in [-0.25, -0.2) is 0 Å². The van der Waals surface area contributed by atoms with Crippen LogP contribution in [-0.2, 0) is 14.3 Å². The van der Waals surface area contributed by atoms with Crippen molar-refractivity contribution in [3.05, 3.63) is 28.2 Å². The summed E-state index contributed by atoms with van der Waals surface area (Å²) >= 11 is 12.1. The molecule has 24 heavy (non-hydrogen) atoms. The molecule has 4 heterocycles. The van der Waals surface area contributed by atoms with Crippen molar-refractivity contribution in [2.24, 2.45) is 11.8 Å². The van der Waals surface area contributed by atoms with Crippen LogP contribution in [0.2, 0.25) is 10.0 Å². The van der Waals surface area contributed by atoms with E-state index < -0.39 is 23.2 Å². The molecule has 6 atom stereocenters. The molecule has 1 N–H and O–H groups in total. The van der Waals surface area contributed by atoms with Gasteiger partial charge in [0.2, 0.25) is 5.91 Å². The van der Waals surface area contributed by atoms with E-state index in [0.29, 0.717) is 35.2 Å². The first kappa shape index (κ1) is 15.4. The van der Waals surface area contributed by atoms with Crippen LogP contribution in [0.15, 0.2) is 18.2 Å². The van der Waals surface area contributed by atoms with E-state index in [1.165, 1.54) is 0 Å². The second-order valence-corrected chi connectivity index (χ2v) is 8.21. The van der Waals surface area contributed by atoms with Crippen molar-refractivity contribution in [1.29, 1.82) is 0 Å². The highest BCUT2D eigenvalue weighted by molar-refractivity contribution is 6.42. The molecule has 1 aromatic rings. The van der Waals surface area contributed by atoms with Crippen molar-refractivity contribution in [3.63, 3.8) is 0 Å². The number of carbonyl (C=O) groups excluding carboxylic acids is 1. The number of hydrogen-bond acceptors (Lipinski definition) is 4. The van der Waals surface area contributed by atoms with E-state index in [9.17, 15) is 9.90 Å². The Kier molecular flexibility index (Phi) is 2.99. The van der Waals surface area contributed by atoms with Crippen LogP contribution < -0.4 is 4.90 Å². The minimum atomic E-state index is -0.849. The lowest BCUT2D eigenvalue weighted by molar-refractivity contribution is -0.142. The van der Waals surface area contributed by atoms with E-state index in [-0.39, 0.29) is 18.1 Å². The van der Waals surface area contributed by atoms with Crippen LogP contribution in [0.25, 0.3) is 0 Å². The van der Waals surface area contributed by atoms with Gasteiger partial charge >= 0.3 is 0 Å². The first-order valence-electron chi connectivity index (χ1n) is 8.15. The Labute approximate surface area is 149 Å². The summed E-state index contributed by atoms with van der Waals surface area (Å²) in [5, 5.41) is 11.4. The molecule has 0 radical (unpaired) electrons. The first-order valence-corrected chi connectivity index (χ1v) is 8.91. The molecule has 5 nitrogen and oxygen atoms in total. The SMILES string of the molecule is C[C@]12O[C@@]3(CCO[C@H]4[C@@H]3[C@@H]1C(=O)N4c1ccc(Cl)c(Cl)c1)C[C@H]2O. The van der Waals surface area contributed by atoms with Gasteiger partial charge in [0.1, 0.15) is 11.8 Å². The molecule has 7 heteroatoms. The number of amides is 1. The minimum Gasteiger partial charge on any atom is -0.390 e. The predicted molar refractivity (Wildman–Crippen MR) is 88.1 cm³/mol. The molecule has 1 spiro atoms. The van der Waals surface area contributed by atoms with Gasteiger partial charge in [0.15, 0.2) is 0 Å². The Morgan fingerprint density at radius 2 is 2.12 bits per heavy atom. The maximum atomic E-state index is 13.2. The van der Waals surface area contributed by atoms with E-state index in [1.54, 1.807) is 23.1 Å². The van der Waals surface area contributed by atoms with Gasteiger partial charge in [-0.2, -0.15) is 0 Å². The molecule has 4 saturated heterocycles. The topological polar surface area (TPSA) is 59.0 Å². The van der Waals surface area contributed by atoms with E-state index in [2.05, 4.69) is 0 Å². The van der Waals surface area contributed by atoms with Crippen molar-refractivity contribution in [2.75, 3.05) is 11.5 Å². The lowest BCUT2D eigenvalue weighted by Crippen LogP contribution is -2.53. The van der Waals surface area contributed by atoms with Gasteiger partial charge in [0, 0.05) is 24.4 Å². The predicted octanol–water partition coefficient (Wildman–Crippen LogP) is 2.61. The number of hydrogen-bond donors (Lipinski definition) is 1. The quantitative estimate of drug-likeness (QED) is 0.826. The molecule has 4 fully saturated rings. The van der Waals surface area contributed by atoms with Crippen LogP contribution in [0.5, 0.6) is 0 Å². The third-order valence-corrected chi connectivity index (χ3v) is 7.01. The number of carbonyl (C=O) groups is 1. The Bertz CT molecular complexity index is 758. The number of ether oxygens (including phenoxy) is 2. The number of nitrogens with zero attached hydrogens (tertiary/aromatic N) is 1. The van der Waals surface area contributed by atoms with E-state index >= 15 is 0 Å². The van der Waals surface area contributed by atoms with Gasteiger partial charge < -0.3 is 14.6 Å². The average molecular weight is 370 g/mol. The third kappa shape index (κ3) is 1.65. The second kappa shape index (κ2) is 4.65. The average Bonchev–Trinajstić information content (AvgIpc) is 3.07. The number of benzene rings is 1. The number of anilines is 1. The van der Waals surface area contributed by atoms with Crippen LogP contribution in [0.1, 0.15) is 19.8 Å². The monoisotopic (exact) mass is 369 g/mol. The zero-order valence-electron chi connectivity index (χ0n) is 13.0. The summed E-state index contributed by atoms with van der Waals surface area (Å²) in [5.74, 6) is -0.545. The van der Waals surface area contributed by atoms with Crippen molar-refractivity contribution in [3.8, 4) is 0 Å². The largest absolute Gasteiger partial charge is 0.390 e. The fourth-order valence-corrected chi connectivity index (χ4v) is 5.52. The summed E-state index contributed by atoms with van der Waals surface area (Å²) in [6.45, 7) is 2.35. The van der Waals surface area contributed by atoms with E-state index in [4.69, 9.17) is 32.7 Å². The maximum Gasteiger partial charge on any atom is 0.235 e. The maximum absolute atomic E-state index is 13.2. The van der Waals surface area contributed by atoms with Crippen LogP contribution in [0, 0.1) is 11.8 Å². The molecule has 0 unspecified atom stereocenters. The molecule has 128 valence electrons. The van der Waals surface area contributed by atoms with Gasteiger partial charge in [-0.3, -0.25) is 9.69 Å². The fourth-order valence-electron chi connectivity index (χ4n) is 5.23. The van der Waals surface area contributed by atoms with Gasteiger partial charge in [-0.1, -0.05) is 23.2 Å². The van der Waals surface area contributed by atoms with Crippen LogP contribution in [0.3, 0.4) is 0 Å². The Balaban J connectivity index is 1.63. The van der Waals surface area contributed by atoms with Gasteiger partial charge in [0.25, 0.3) is 0 Å². The minimum absolute atomic E-state index is 0.0680. The van der Waals surface area contributed by atoms with E-state index in [0.717, 1.165) is 0 Å². The summed E-state index contributed by atoms with van der Waals surface area (Å²) in [5.41, 5.74) is -0.649. The third-order valence-electron chi connectivity index (χ3n) is 6.27. The molecular weight excluding hydrogens is 353 g/mol. The molecule has 5 rings (SSSR count). The highest BCUT2D eigenvalue weighted by atomic mass is 35.5. The Morgan fingerprint density at radius 1 is 1.33 bits per heavy atom. The number of rotatable bonds is 1. The van der Waals surface area contributed by atoms with Gasteiger partial charge in [-0.15, -0.1) is 0 Å². The van der Waals surface area contributed by atoms with Crippen LogP contribution in [-0.4, -0.2) is 41.2 Å². The molecule has 1 aromatic carbocycles. The second-order valence-electron chi connectivity index (χ2n) is 7.39. The molecule has 0 aromatic heterocycles. The summed E-state index contributed by atoms with van der Waals surface area (Å²) < 4.78 is 12.3. The highest BCUT2D eigenvalue weighted by Crippen LogP contribution is 2.65. The summed E-state index contributed by atoms with van der Waals surface area (Å²) in [4.78, 5) is 14.9. The standard InChI is InChI=1S/C17H17Cl2NO4/c1-16-11(21)7-17(24-16)4-5-23-15-13(17)12(16)14(22)20(15)8-2-3-9(18)10(19)6-8/h2-3,6,11-13,15,21H,4-5,7H2,1H3/t11-,12-,13+,15+,16-,17+/m1/s1. The zero-order valence-corrected chi connectivity index (χ0v) is 14.5. The summed E-state index contributed by atoms with van der Waals surface area (Å²) in [6, 6.07) is 5.15. The first-order chi connectivity index (χ1) is 11.4. The molecule has 2 bridgehead atoms. The number of halogens is 2. The molecule has 0 saturated carbocycles. The fraction of sp³-hybridized carbons (Fsp3) is 0.588. The van der Waals surface area contributed by atoms with Gasteiger partial charge in [0.05, 0.1) is 34.3 Å². The van der Waals surface area contributed by atoms with Crippen molar-refractivity contribution < 1.29 is 19.4 Å². The van der Waals surface area contributed by atoms with Gasteiger partial charge in [-0.05, 0) is 25.1 Å². The molecular formula is C17H17Cl2NO4. The number of aliphatic hydroxyl groups is 1. The van der Waals surface area contributed by atoms with E-state index in [1.807, 2.05) is 6.92 Å². The molecule has 4 aliphatic heterocycles. The molecule has 4 aliphatic rings. The number of fused-ring (bicyclic) bond motifs is 2. The van der Waals surface area contributed by atoms with Crippen LogP contribution in [0.4, 0.5) is 5.69 Å². The lowest BCUT2D eigenvalue weighted by atomic mass is 9.65. The van der Waals surface area contributed by atoms with Crippen molar-refractivity contribution in [2.45, 2.75) is 43.3 Å². The van der Waals surface area contributed by atoms with Crippen molar-refractivity contribution in [1.82, 2.24) is 0 Å². The van der Waals surface area contributed by atoms with Crippen LogP contribution >= 0.6 is 23.2 Å². The summed E-state index contributed by atoms with van der Waals surface area (Å²) in [7, 11) is 0. The lowest BCUT2D eigenvalue weighted by Gasteiger charge is -2.42. The Hall–Kier alpha value is -0.850. The molecule has 0 aliphatic carbocycles. The zero-order chi connectivity index (χ0) is 16.9. The normalized spacial score (nSPS) is 45.8. The Morgan fingerprint density at radius 3 is 2.88 bits per heavy atom. The highest BCUT2D eigenvalue weighted by Gasteiger charge is 2.77. The smallest absolute Gasteiger partial charge is 0.235 e. The number of aliphatic hydroxyl groups excluding tert-OH is 1. The van der Waals surface area contributed by atoms with Crippen molar-refractivity contribution >= 4 is 34.8 Å². The summed E-state index contributed by atoms with van der Waals surface area (Å²) in [6.07, 6.45) is 0.255. The molecule has 1 amide bonds.